The van der Waals surface area contributed by atoms with Crippen LogP contribution in [0.1, 0.15) is 23.0 Å². The molecule has 0 aliphatic heterocycles. The third-order valence-electron chi connectivity index (χ3n) is 3.40. The topological polar surface area (TPSA) is 63.1 Å². The molecule has 0 bridgehead atoms. The number of fused-ring (bicyclic) bond motifs is 1. The third kappa shape index (κ3) is 2.48. The summed E-state index contributed by atoms with van der Waals surface area (Å²) >= 11 is 0. The number of carboxylic acids is 1. The van der Waals surface area contributed by atoms with E-state index in [-0.39, 0.29) is 5.69 Å². The molecule has 3 aromatic rings. The van der Waals surface area contributed by atoms with Crippen molar-refractivity contribution in [3.63, 3.8) is 0 Å². The highest BCUT2D eigenvalue weighted by atomic mass is 16.4. The second-order valence-corrected chi connectivity index (χ2v) is 4.77. The minimum atomic E-state index is -1.04. The van der Waals surface area contributed by atoms with Gasteiger partial charge >= 0.3 is 5.97 Å². The fourth-order valence-electron chi connectivity index (χ4n) is 2.30. The average molecular weight is 278 g/mol. The van der Waals surface area contributed by atoms with Gasteiger partial charge in [-0.2, -0.15) is 0 Å². The second kappa shape index (κ2) is 5.32. The molecule has 2 aromatic carbocycles. The van der Waals surface area contributed by atoms with Crippen LogP contribution in [0.25, 0.3) is 22.3 Å². The third-order valence-corrected chi connectivity index (χ3v) is 3.40. The molecule has 4 nitrogen and oxygen atoms in total. The van der Waals surface area contributed by atoms with Gasteiger partial charge in [0.2, 0.25) is 0 Å². The molecule has 0 fully saturated rings. The number of aromatic nitrogens is 2. The Labute approximate surface area is 122 Å². The molecule has 0 radical (unpaired) electrons. The number of hydrogen-bond donors (Lipinski definition) is 1. The molecule has 0 aliphatic rings. The maximum Gasteiger partial charge on any atom is 0.355 e. The molecule has 4 heteroatoms. The summed E-state index contributed by atoms with van der Waals surface area (Å²) < 4.78 is 0. The zero-order valence-electron chi connectivity index (χ0n) is 11.6. The van der Waals surface area contributed by atoms with Crippen molar-refractivity contribution < 1.29 is 9.90 Å². The van der Waals surface area contributed by atoms with Crippen molar-refractivity contribution >= 4 is 16.9 Å². The fourth-order valence-corrected chi connectivity index (χ4v) is 2.30. The Hall–Kier alpha value is -2.75. The molecule has 104 valence electrons. The van der Waals surface area contributed by atoms with E-state index in [1.54, 1.807) is 18.2 Å². The first-order valence-electron chi connectivity index (χ1n) is 6.78. The maximum absolute atomic E-state index is 11.4. The summed E-state index contributed by atoms with van der Waals surface area (Å²) in [6.07, 6.45) is 0.910. The molecular weight excluding hydrogens is 264 g/mol. The standard InChI is InChI=1S/C17H14N2O2/c1-2-11-6-5-7-12(10-11)16-18-14-9-4-3-8-13(14)15(19-16)17(20)21/h3-10H,2H2,1H3,(H,20,21). The largest absolute Gasteiger partial charge is 0.476 e. The van der Waals surface area contributed by atoms with Gasteiger partial charge in [0.15, 0.2) is 11.5 Å². The first kappa shape index (κ1) is 13.2. The van der Waals surface area contributed by atoms with Crippen LogP contribution in [0.5, 0.6) is 0 Å². The lowest BCUT2D eigenvalue weighted by atomic mass is 10.1. The van der Waals surface area contributed by atoms with Crippen LogP contribution >= 0.6 is 0 Å². The molecule has 1 N–H and O–H groups in total. The van der Waals surface area contributed by atoms with Crippen molar-refractivity contribution in [1.82, 2.24) is 9.97 Å². The summed E-state index contributed by atoms with van der Waals surface area (Å²) in [5, 5.41) is 9.92. The van der Waals surface area contributed by atoms with E-state index in [4.69, 9.17) is 0 Å². The highest BCUT2D eigenvalue weighted by Gasteiger charge is 2.14. The van der Waals surface area contributed by atoms with Gasteiger partial charge in [-0.25, -0.2) is 14.8 Å². The van der Waals surface area contributed by atoms with Gasteiger partial charge in [0.1, 0.15) is 0 Å². The second-order valence-electron chi connectivity index (χ2n) is 4.77. The molecule has 1 aromatic heterocycles. The minimum Gasteiger partial charge on any atom is -0.476 e. The van der Waals surface area contributed by atoms with Crippen molar-refractivity contribution in [3.8, 4) is 11.4 Å². The van der Waals surface area contributed by atoms with Crippen LogP contribution in [0.2, 0.25) is 0 Å². The lowest BCUT2D eigenvalue weighted by molar-refractivity contribution is 0.0693. The highest BCUT2D eigenvalue weighted by molar-refractivity contribution is 6.01. The van der Waals surface area contributed by atoms with Gasteiger partial charge in [0.25, 0.3) is 0 Å². The van der Waals surface area contributed by atoms with Crippen LogP contribution in [0.15, 0.2) is 48.5 Å². The number of rotatable bonds is 3. The number of para-hydroxylation sites is 1. The Morgan fingerprint density at radius 2 is 1.90 bits per heavy atom. The van der Waals surface area contributed by atoms with E-state index in [0.29, 0.717) is 16.7 Å². The molecule has 0 amide bonds. The van der Waals surface area contributed by atoms with E-state index in [0.717, 1.165) is 12.0 Å². The summed E-state index contributed by atoms with van der Waals surface area (Å²) in [6.45, 7) is 2.07. The quantitative estimate of drug-likeness (QED) is 0.795. The first-order chi connectivity index (χ1) is 10.2. The SMILES string of the molecule is CCc1cccc(-c2nc(C(=O)O)c3ccccc3n2)c1. The molecule has 3 rings (SSSR count). The molecule has 0 spiro atoms. The van der Waals surface area contributed by atoms with E-state index in [9.17, 15) is 9.90 Å². The van der Waals surface area contributed by atoms with Crippen LogP contribution in [0.4, 0.5) is 0 Å². The van der Waals surface area contributed by atoms with E-state index in [2.05, 4.69) is 16.9 Å². The Balaban J connectivity index is 2.25. The van der Waals surface area contributed by atoms with Gasteiger partial charge in [0, 0.05) is 10.9 Å². The van der Waals surface area contributed by atoms with Crippen molar-refractivity contribution in [2.75, 3.05) is 0 Å². The normalized spacial score (nSPS) is 10.7. The zero-order chi connectivity index (χ0) is 14.8. The van der Waals surface area contributed by atoms with Crippen molar-refractivity contribution in [1.29, 1.82) is 0 Å². The van der Waals surface area contributed by atoms with Crippen LogP contribution in [-0.4, -0.2) is 21.0 Å². The molecule has 0 aliphatic carbocycles. The zero-order valence-corrected chi connectivity index (χ0v) is 11.6. The molecule has 1 heterocycles. The van der Waals surface area contributed by atoms with Crippen molar-refractivity contribution in [2.45, 2.75) is 13.3 Å². The smallest absolute Gasteiger partial charge is 0.355 e. The van der Waals surface area contributed by atoms with E-state index < -0.39 is 5.97 Å². The first-order valence-corrected chi connectivity index (χ1v) is 6.78. The molecule has 0 unspecified atom stereocenters. The number of aromatic carboxylic acids is 1. The van der Waals surface area contributed by atoms with Gasteiger partial charge in [0.05, 0.1) is 5.52 Å². The minimum absolute atomic E-state index is 0.0394. The van der Waals surface area contributed by atoms with Gasteiger partial charge < -0.3 is 5.11 Å². The number of carbonyl (C=O) groups is 1. The molecule has 0 saturated heterocycles. The monoisotopic (exact) mass is 278 g/mol. The molecule has 21 heavy (non-hydrogen) atoms. The van der Waals surface area contributed by atoms with Gasteiger partial charge in [-0.3, -0.25) is 0 Å². The van der Waals surface area contributed by atoms with E-state index in [1.165, 1.54) is 5.56 Å². The van der Waals surface area contributed by atoms with Gasteiger partial charge in [-0.1, -0.05) is 43.3 Å². The predicted octanol–water partition coefficient (Wildman–Crippen LogP) is 3.56. The fraction of sp³-hybridized carbons (Fsp3) is 0.118. The van der Waals surface area contributed by atoms with Crippen LogP contribution in [0.3, 0.4) is 0 Å². The van der Waals surface area contributed by atoms with Gasteiger partial charge in [-0.05, 0) is 24.1 Å². The van der Waals surface area contributed by atoms with Crippen LogP contribution in [-0.2, 0) is 6.42 Å². The summed E-state index contributed by atoms with van der Waals surface area (Å²) in [7, 11) is 0. The molecule has 0 saturated carbocycles. The van der Waals surface area contributed by atoms with Gasteiger partial charge in [-0.15, -0.1) is 0 Å². The van der Waals surface area contributed by atoms with Crippen molar-refractivity contribution in [3.05, 3.63) is 59.8 Å². The number of carboxylic acid groups (broad SMARTS) is 1. The Kier molecular flexibility index (Phi) is 3.36. The lowest BCUT2D eigenvalue weighted by Gasteiger charge is -2.07. The summed E-state index contributed by atoms with van der Waals surface area (Å²) in [6, 6.07) is 15.0. The lowest BCUT2D eigenvalue weighted by Crippen LogP contribution is -2.04. The number of aryl methyl sites for hydroxylation is 1. The van der Waals surface area contributed by atoms with Crippen LogP contribution < -0.4 is 0 Å². The molecule has 0 atom stereocenters. The molecular formula is C17H14N2O2. The Morgan fingerprint density at radius 3 is 2.67 bits per heavy atom. The van der Waals surface area contributed by atoms with E-state index >= 15 is 0 Å². The number of benzene rings is 2. The summed E-state index contributed by atoms with van der Waals surface area (Å²) in [4.78, 5) is 20.2. The van der Waals surface area contributed by atoms with Crippen molar-refractivity contribution in [2.24, 2.45) is 0 Å². The number of nitrogens with zero attached hydrogens (tertiary/aromatic N) is 2. The summed E-state index contributed by atoms with van der Waals surface area (Å²) in [5.41, 5.74) is 2.68. The summed E-state index contributed by atoms with van der Waals surface area (Å²) in [5.74, 6) is -0.595. The maximum atomic E-state index is 11.4. The highest BCUT2D eigenvalue weighted by Crippen LogP contribution is 2.22. The van der Waals surface area contributed by atoms with E-state index in [1.807, 2.05) is 30.3 Å². The Bertz CT molecular complexity index is 828. The Morgan fingerprint density at radius 1 is 1.10 bits per heavy atom. The number of hydrogen-bond acceptors (Lipinski definition) is 3. The predicted molar refractivity (Wildman–Crippen MR) is 81.3 cm³/mol. The van der Waals surface area contributed by atoms with Crippen LogP contribution in [0, 0.1) is 0 Å². The average Bonchev–Trinajstić information content (AvgIpc) is 2.53.